The molecule has 0 radical (unpaired) electrons. The Morgan fingerprint density at radius 3 is 2.81 bits per heavy atom. The van der Waals surface area contributed by atoms with Crippen LogP contribution in [0.15, 0.2) is 4.99 Å². The number of aliphatic hydroxyl groups excluding tert-OH is 1. The van der Waals surface area contributed by atoms with Gasteiger partial charge >= 0.3 is 0 Å². The molecule has 2 aliphatic heterocycles. The second-order valence-electron chi connectivity index (χ2n) is 6.53. The van der Waals surface area contributed by atoms with Crippen molar-refractivity contribution in [1.29, 1.82) is 0 Å². The zero-order chi connectivity index (χ0) is 15.1. The van der Waals surface area contributed by atoms with E-state index in [1.54, 1.807) is 0 Å². The molecule has 2 fully saturated rings. The number of aliphatic hydroxyl groups is 1. The molecule has 2 saturated heterocycles. The fraction of sp³-hybridized carbons (Fsp3) is 0.938. The third-order valence-corrected chi connectivity index (χ3v) is 4.43. The summed E-state index contributed by atoms with van der Waals surface area (Å²) < 4.78 is 0. The standard InChI is InChI=1S/C16H32N4O/c1-3-17-16(20-11-7-15(21)13-20)18-8-5-10-19-9-4-6-14(2)12-19/h14-15,21H,3-13H2,1-2H3,(H,17,18)/t14?,15-/m1/s1. The van der Waals surface area contributed by atoms with E-state index in [-0.39, 0.29) is 6.10 Å². The van der Waals surface area contributed by atoms with Crippen LogP contribution in [0.4, 0.5) is 0 Å². The van der Waals surface area contributed by atoms with E-state index in [1.165, 1.54) is 25.9 Å². The first-order valence-corrected chi connectivity index (χ1v) is 8.62. The van der Waals surface area contributed by atoms with Crippen LogP contribution < -0.4 is 5.32 Å². The smallest absolute Gasteiger partial charge is 0.194 e. The molecule has 0 aromatic heterocycles. The maximum atomic E-state index is 9.65. The first-order chi connectivity index (χ1) is 10.2. The molecule has 0 amide bonds. The van der Waals surface area contributed by atoms with Gasteiger partial charge in [0.1, 0.15) is 0 Å². The Labute approximate surface area is 129 Å². The average molecular weight is 296 g/mol. The van der Waals surface area contributed by atoms with Gasteiger partial charge in [0.25, 0.3) is 0 Å². The highest BCUT2D eigenvalue weighted by molar-refractivity contribution is 5.80. The van der Waals surface area contributed by atoms with Crippen LogP contribution in [0.3, 0.4) is 0 Å². The SMILES string of the molecule is CCNC(=NCCCN1CCCC(C)C1)N1CC[C@@H](O)C1. The quantitative estimate of drug-likeness (QED) is 0.454. The first-order valence-electron chi connectivity index (χ1n) is 8.62. The molecule has 1 unspecified atom stereocenters. The predicted molar refractivity (Wildman–Crippen MR) is 87.6 cm³/mol. The molecule has 122 valence electrons. The number of piperidine rings is 1. The summed E-state index contributed by atoms with van der Waals surface area (Å²) >= 11 is 0. The Hall–Kier alpha value is -0.810. The highest BCUT2D eigenvalue weighted by Gasteiger charge is 2.22. The second kappa shape index (κ2) is 8.59. The second-order valence-corrected chi connectivity index (χ2v) is 6.53. The summed E-state index contributed by atoms with van der Waals surface area (Å²) in [5.74, 6) is 1.83. The molecule has 21 heavy (non-hydrogen) atoms. The number of hydrogen-bond acceptors (Lipinski definition) is 3. The van der Waals surface area contributed by atoms with Crippen LogP contribution in [0, 0.1) is 5.92 Å². The third-order valence-electron chi connectivity index (χ3n) is 4.43. The van der Waals surface area contributed by atoms with E-state index >= 15 is 0 Å². The molecule has 0 aromatic rings. The van der Waals surface area contributed by atoms with Crippen molar-refractivity contribution in [3.05, 3.63) is 0 Å². The Morgan fingerprint density at radius 2 is 2.14 bits per heavy atom. The van der Waals surface area contributed by atoms with Crippen molar-refractivity contribution in [2.24, 2.45) is 10.9 Å². The molecule has 0 spiro atoms. The molecule has 2 heterocycles. The van der Waals surface area contributed by atoms with Crippen molar-refractivity contribution >= 4 is 5.96 Å². The number of hydrogen-bond donors (Lipinski definition) is 2. The highest BCUT2D eigenvalue weighted by atomic mass is 16.3. The molecular weight excluding hydrogens is 264 g/mol. The zero-order valence-corrected chi connectivity index (χ0v) is 13.7. The third kappa shape index (κ3) is 5.47. The van der Waals surface area contributed by atoms with Crippen molar-refractivity contribution < 1.29 is 5.11 Å². The van der Waals surface area contributed by atoms with Gasteiger partial charge in [-0.2, -0.15) is 0 Å². The number of aliphatic imine (C=N–C) groups is 1. The van der Waals surface area contributed by atoms with Crippen molar-refractivity contribution in [2.45, 2.75) is 45.6 Å². The summed E-state index contributed by atoms with van der Waals surface area (Å²) in [6.07, 6.45) is 4.52. The predicted octanol–water partition coefficient (Wildman–Crippen LogP) is 1.14. The van der Waals surface area contributed by atoms with Gasteiger partial charge in [0.15, 0.2) is 5.96 Å². The van der Waals surface area contributed by atoms with Gasteiger partial charge in [-0.3, -0.25) is 4.99 Å². The van der Waals surface area contributed by atoms with Gasteiger partial charge in [-0.15, -0.1) is 0 Å². The van der Waals surface area contributed by atoms with E-state index in [9.17, 15) is 5.11 Å². The van der Waals surface area contributed by atoms with Crippen LogP contribution >= 0.6 is 0 Å². The van der Waals surface area contributed by atoms with E-state index in [4.69, 9.17) is 4.99 Å². The molecule has 2 atom stereocenters. The van der Waals surface area contributed by atoms with Gasteiger partial charge in [-0.05, 0) is 51.6 Å². The number of nitrogens with one attached hydrogen (secondary N) is 1. The summed E-state index contributed by atoms with van der Waals surface area (Å²) in [5, 5.41) is 13.0. The average Bonchev–Trinajstić information content (AvgIpc) is 2.89. The summed E-state index contributed by atoms with van der Waals surface area (Å²) in [6, 6.07) is 0. The monoisotopic (exact) mass is 296 g/mol. The summed E-state index contributed by atoms with van der Waals surface area (Å²) in [4.78, 5) is 9.48. The summed E-state index contributed by atoms with van der Waals surface area (Å²) in [5.41, 5.74) is 0. The van der Waals surface area contributed by atoms with Gasteiger partial charge in [-0.25, -0.2) is 0 Å². The van der Waals surface area contributed by atoms with Crippen LogP contribution in [-0.2, 0) is 0 Å². The summed E-state index contributed by atoms with van der Waals surface area (Å²) in [7, 11) is 0. The normalized spacial score (nSPS) is 28.1. The zero-order valence-electron chi connectivity index (χ0n) is 13.7. The lowest BCUT2D eigenvalue weighted by Crippen LogP contribution is -2.40. The minimum atomic E-state index is -0.191. The molecular formula is C16H32N4O. The van der Waals surface area contributed by atoms with Crippen LogP contribution in [0.5, 0.6) is 0 Å². The van der Waals surface area contributed by atoms with Crippen molar-refractivity contribution in [2.75, 3.05) is 45.8 Å². The molecule has 5 nitrogen and oxygen atoms in total. The van der Waals surface area contributed by atoms with E-state index in [2.05, 4.69) is 29.0 Å². The number of nitrogens with zero attached hydrogens (tertiary/aromatic N) is 3. The van der Waals surface area contributed by atoms with Gasteiger partial charge in [-0.1, -0.05) is 6.92 Å². The van der Waals surface area contributed by atoms with Gasteiger partial charge < -0.3 is 20.2 Å². The number of rotatable bonds is 5. The number of β-amino-alcohol motifs (C(OH)–C–C–N with tert-alkyl or cyclic N) is 1. The molecule has 0 saturated carbocycles. The summed E-state index contributed by atoms with van der Waals surface area (Å²) in [6.45, 7) is 11.5. The Bertz CT molecular complexity index is 334. The van der Waals surface area contributed by atoms with Crippen molar-refractivity contribution in [1.82, 2.24) is 15.1 Å². The molecule has 2 rings (SSSR count). The van der Waals surface area contributed by atoms with Crippen LogP contribution in [-0.4, -0.2) is 72.8 Å². The maximum Gasteiger partial charge on any atom is 0.194 e. The highest BCUT2D eigenvalue weighted by Crippen LogP contribution is 2.15. The Kier molecular flexibility index (Phi) is 6.77. The topological polar surface area (TPSA) is 51.1 Å². The van der Waals surface area contributed by atoms with Crippen molar-refractivity contribution in [3.63, 3.8) is 0 Å². The van der Waals surface area contributed by atoms with E-state index < -0.39 is 0 Å². The molecule has 0 aliphatic carbocycles. The minimum Gasteiger partial charge on any atom is -0.391 e. The number of guanidine groups is 1. The van der Waals surface area contributed by atoms with E-state index in [0.29, 0.717) is 0 Å². The lowest BCUT2D eigenvalue weighted by Gasteiger charge is -2.30. The molecule has 2 aliphatic rings. The van der Waals surface area contributed by atoms with Crippen LogP contribution in [0.1, 0.15) is 39.5 Å². The minimum absolute atomic E-state index is 0.191. The largest absolute Gasteiger partial charge is 0.391 e. The molecule has 5 heteroatoms. The number of likely N-dealkylation sites (tertiary alicyclic amines) is 2. The van der Waals surface area contributed by atoms with Gasteiger partial charge in [0, 0.05) is 32.7 Å². The maximum absolute atomic E-state index is 9.65. The lowest BCUT2D eigenvalue weighted by atomic mass is 10.0. The fourth-order valence-electron chi connectivity index (χ4n) is 3.33. The first kappa shape index (κ1) is 16.6. The van der Waals surface area contributed by atoms with Gasteiger partial charge in [0.2, 0.25) is 0 Å². The van der Waals surface area contributed by atoms with Crippen LogP contribution in [0.2, 0.25) is 0 Å². The Morgan fingerprint density at radius 1 is 1.29 bits per heavy atom. The fourth-order valence-corrected chi connectivity index (χ4v) is 3.33. The molecule has 0 bridgehead atoms. The molecule has 2 N–H and O–H groups in total. The van der Waals surface area contributed by atoms with Crippen molar-refractivity contribution in [3.8, 4) is 0 Å². The van der Waals surface area contributed by atoms with E-state index in [0.717, 1.165) is 57.4 Å². The lowest BCUT2D eigenvalue weighted by molar-refractivity contribution is 0.183. The Balaban J connectivity index is 1.72. The van der Waals surface area contributed by atoms with Gasteiger partial charge in [0.05, 0.1) is 6.10 Å². The van der Waals surface area contributed by atoms with Crippen LogP contribution in [0.25, 0.3) is 0 Å². The van der Waals surface area contributed by atoms with E-state index in [1.807, 2.05) is 0 Å². The molecule has 0 aromatic carbocycles.